The average molecular weight is 293 g/mol. The Bertz CT molecular complexity index is 682. The van der Waals surface area contributed by atoms with Gasteiger partial charge in [0, 0.05) is 6.07 Å². The summed E-state index contributed by atoms with van der Waals surface area (Å²) in [5, 5.41) is 0. The van der Waals surface area contributed by atoms with Crippen molar-refractivity contribution in [3.8, 4) is 11.4 Å². The van der Waals surface area contributed by atoms with Gasteiger partial charge >= 0.3 is 5.97 Å². The summed E-state index contributed by atoms with van der Waals surface area (Å²) in [5.74, 6) is -0.438. The smallest absolute Gasteiger partial charge is 0.360 e. The van der Waals surface area contributed by atoms with Crippen LogP contribution in [0.3, 0.4) is 0 Å². The van der Waals surface area contributed by atoms with Crippen LogP contribution >= 0.6 is 0 Å². The number of nitrogens with two attached hydrogens (primary N) is 1. The van der Waals surface area contributed by atoms with Crippen molar-refractivity contribution in [1.82, 2.24) is 9.55 Å². The largest absolute Gasteiger partial charge is 0.491 e. The van der Waals surface area contributed by atoms with Gasteiger partial charge in [-0.1, -0.05) is 0 Å². The minimum Gasteiger partial charge on any atom is -0.491 e. The lowest BCUT2D eigenvalue weighted by Gasteiger charge is -2.10. The lowest BCUT2D eigenvalue weighted by Crippen LogP contribution is -2.08. The molecule has 0 amide bonds. The predicted molar refractivity (Wildman–Crippen MR) is 75.2 cm³/mol. The highest BCUT2D eigenvalue weighted by Crippen LogP contribution is 2.25. The van der Waals surface area contributed by atoms with Crippen LogP contribution in [0.25, 0.3) is 5.69 Å². The van der Waals surface area contributed by atoms with Gasteiger partial charge in [0.1, 0.15) is 11.6 Å². The molecule has 0 aliphatic carbocycles. The number of esters is 1. The van der Waals surface area contributed by atoms with Crippen LogP contribution in [0.5, 0.6) is 5.75 Å². The van der Waals surface area contributed by atoms with Crippen LogP contribution in [0.4, 0.5) is 10.2 Å². The number of carbonyl (C=O) groups excluding carboxylic acids is 1. The quantitative estimate of drug-likeness (QED) is 0.873. The molecule has 0 aliphatic heterocycles. The first-order chi connectivity index (χ1) is 9.99. The standard InChI is InChI=1S/C14H16FN3O3/c1-4-21-11-6-5-9(7-10(11)15)18-8(2)17-12(13(18)16)14(19)20-3/h5-7H,4,16H2,1-3H3. The number of halogens is 1. The van der Waals surface area contributed by atoms with E-state index in [0.717, 1.165) is 0 Å². The van der Waals surface area contributed by atoms with E-state index in [2.05, 4.69) is 9.72 Å². The van der Waals surface area contributed by atoms with E-state index in [9.17, 15) is 9.18 Å². The fourth-order valence-electron chi connectivity index (χ4n) is 2.02. The van der Waals surface area contributed by atoms with Gasteiger partial charge in [0.15, 0.2) is 17.3 Å². The zero-order valence-corrected chi connectivity index (χ0v) is 12.0. The number of carbonyl (C=O) groups is 1. The molecule has 0 unspecified atom stereocenters. The van der Waals surface area contributed by atoms with Crippen molar-refractivity contribution in [2.24, 2.45) is 0 Å². The molecule has 1 aromatic heterocycles. The van der Waals surface area contributed by atoms with Gasteiger partial charge in [0.2, 0.25) is 0 Å². The van der Waals surface area contributed by atoms with E-state index in [1.807, 2.05) is 0 Å². The van der Waals surface area contributed by atoms with Crippen LogP contribution < -0.4 is 10.5 Å². The molecule has 6 nitrogen and oxygen atoms in total. The number of aryl methyl sites for hydroxylation is 1. The molecule has 1 aromatic carbocycles. The second-order valence-electron chi connectivity index (χ2n) is 4.27. The first-order valence-corrected chi connectivity index (χ1v) is 6.35. The van der Waals surface area contributed by atoms with Crippen LogP contribution in [-0.2, 0) is 4.74 Å². The highest BCUT2D eigenvalue weighted by atomic mass is 19.1. The number of aromatic nitrogens is 2. The summed E-state index contributed by atoms with van der Waals surface area (Å²) in [6.45, 7) is 3.81. The maximum Gasteiger partial charge on any atom is 0.360 e. The molecule has 2 aromatic rings. The van der Waals surface area contributed by atoms with Crippen molar-refractivity contribution in [3.05, 3.63) is 35.5 Å². The number of hydrogen-bond donors (Lipinski definition) is 1. The van der Waals surface area contributed by atoms with Gasteiger partial charge in [-0.05, 0) is 26.0 Å². The van der Waals surface area contributed by atoms with Crippen LogP contribution in [0.1, 0.15) is 23.2 Å². The molecule has 2 N–H and O–H groups in total. The molecule has 0 aliphatic rings. The summed E-state index contributed by atoms with van der Waals surface area (Å²) in [6, 6.07) is 4.42. The second-order valence-corrected chi connectivity index (χ2v) is 4.27. The van der Waals surface area contributed by atoms with Crippen molar-refractivity contribution in [2.75, 3.05) is 19.5 Å². The monoisotopic (exact) mass is 293 g/mol. The Morgan fingerprint density at radius 1 is 1.48 bits per heavy atom. The lowest BCUT2D eigenvalue weighted by molar-refractivity contribution is 0.0596. The molecule has 1 heterocycles. The molecule has 0 fully saturated rings. The van der Waals surface area contributed by atoms with Crippen molar-refractivity contribution in [2.45, 2.75) is 13.8 Å². The van der Waals surface area contributed by atoms with Gasteiger partial charge in [-0.3, -0.25) is 4.57 Å². The Hall–Kier alpha value is -2.57. The van der Waals surface area contributed by atoms with E-state index in [1.165, 1.54) is 23.8 Å². The lowest BCUT2D eigenvalue weighted by atomic mass is 10.2. The third kappa shape index (κ3) is 2.67. The Morgan fingerprint density at radius 3 is 2.76 bits per heavy atom. The number of rotatable bonds is 4. The van der Waals surface area contributed by atoms with Crippen LogP contribution in [0, 0.1) is 12.7 Å². The minimum absolute atomic E-state index is 0.00397. The van der Waals surface area contributed by atoms with E-state index >= 15 is 0 Å². The maximum absolute atomic E-state index is 13.9. The third-order valence-electron chi connectivity index (χ3n) is 2.93. The molecular weight excluding hydrogens is 277 g/mol. The first-order valence-electron chi connectivity index (χ1n) is 6.35. The Balaban J connectivity index is 2.50. The molecule has 0 saturated heterocycles. The van der Waals surface area contributed by atoms with E-state index in [1.54, 1.807) is 19.9 Å². The summed E-state index contributed by atoms with van der Waals surface area (Å²) >= 11 is 0. The van der Waals surface area contributed by atoms with Gasteiger partial charge in [-0.15, -0.1) is 0 Å². The average Bonchev–Trinajstić information content (AvgIpc) is 2.76. The number of nitrogen functional groups attached to an aromatic ring is 1. The van der Waals surface area contributed by atoms with Gasteiger partial charge in [0.05, 0.1) is 19.4 Å². The van der Waals surface area contributed by atoms with E-state index in [-0.39, 0.29) is 17.3 Å². The number of benzene rings is 1. The predicted octanol–water partition coefficient (Wildman–Crippen LogP) is 2.09. The molecule has 0 spiro atoms. The molecule has 0 radical (unpaired) electrons. The molecule has 0 atom stereocenters. The van der Waals surface area contributed by atoms with Crippen molar-refractivity contribution < 1.29 is 18.7 Å². The van der Waals surface area contributed by atoms with Crippen LogP contribution in [0.15, 0.2) is 18.2 Å². The number of imidazole rings is 1. The summed E-state index contributed by atoms with van der Waals surface area (Å²) in [6.07, 6.45) is 0. The molecule has 0 saturated carbocycles. The molecule has 2 rings (SSSR count). The minimum atomic E-state index is -0.638. The van der Waals surface area contributed by atoms with Gasteiger partial charge < -0.3 is 15.2 Å². The zero-order valence-electron chi connectivity index (χ0n) is 12.0. The van der Waals surface area contributed by atoms with E-state index in [4.69, 9.17) is 10.5 Å². The number of nitrogens with zero attached hydrogens (tertiary/aromatic N) is 2. The molecule has 21 heavy (non-hydrogen) atoms. The fraction of sp³-hybridized carbons (Fsp3) is 0.286. The highest BCUT2D eigenvalue weighted by molar-refractivity contribution is 5.92. The molecule has 112 valence electrons. The number of anilines is 1. The normalized spacial score (nSPS) is 10.5. The maximum atomic E-state index is 13.9. The molecule has 7 heteroatoms. The van der Waals surface area contributed by atoms with Crippen molar-refractivity contribution in [1.29, 1.82) is 0 Å². The number of hydrogen-bond acceptors (Lipinski definition) is 5. The summed E-state index contributed by atoms with van der Waals surface area (Å²) < 4.78 is 25.2. The van der Waals surface area contributed by atoms with Gasteiger partial charge in [-0.2, -0.15) is 0 Å². The van der Waals surface area contributed by atoms with E-state index < -0.39 is 11.8 Å². The SMILES string of the molecule is CCOc1ccc(-n2c(C)nc(C(=O)OC)c2N)cc1F. The Labute approximate surface area is 121 Å². The zero-order chi connectivity index (χ0) is 15.6. The topological polar surface area (TPSA) is 79.4 Å². The number of methoxy groups -OCH3 is 1. The molecule has 0 bridgehead atoms. The summed E-state index contributed by atoms with van der Waals surface area (Å²) in [4.78, 5) is 15.6. The first kappa shape index (κ1) is 14.8. The Kier molecular flexibility index (Phi) is 4.11. The van der Waals surface area contributed by atoms with Crippen molar-refractivity contribution >= 4 is 11.8 Å². The summed E-state index contributed by atoms with van der Waals surface area (Å²) in [7, 11) is 1.24. The third-order valence-corrected chi connectivity index (χ3v) is 2.93. The summed E-state index contributed by atoms with van der Waals surface area (Å²) in [5.41, 5.74) is 6.36. The second kappa shape index (κ2) is 5.82. The van der Waals surface area contributed by atoms with Gasteiger partial charge in [-0.25, -0.2) is 14.2 Å². The van der Waals surface area contributed by atoms with Gasteiger partial charge in [0.25, 0.3) is 0 Å². The molecular formula is C14H16FN3O3. The van der Waals surface area contributed by atoms with E-state index in [0.29, 0.717) is 18.1 Å². The van der Waals surface area contributed by atoms with Crippen LogP contribution in [0.2, 0.25) is 0 Å². The van der Waals surface area contributed by atoms with Crippen molar-refractivity contribution in [3.63, 3.8) is 0 Å². The van der Waals surface area contributed by atoms with Crippen LogP contribution in [-0.4, -0.2) is 29.2 Å². The number of ether oxygens (including phenoxy) is 2. The Morgan fingerprint density at radius 2 is 2.19 bits per heavy atom. The fourth-order valence-corrected chi connectivity index (χ4v) is 2.02. The highest BCUT2D eigenvalue weighted by Gasteiger charge is 2.20.